The van der Waals surface area contributed by atoms with Crippen molar-refractivity contribution >= 4 is 44.8 Å². The van der Waals surface area contributed by atoms with E-state index in [-0.39, 0.29) is 22.9 Å². The van der Waals surface area contributed by atoms with Gasteiger partial charge in [0.25, 0.3) is 10.0 Å². The number of sulfonamides is 1. The van der Waals surface area contributed by atoms with Crippen LogP contribution in [0.2, 0.25) is 5.02 Å². The molecule has 0 fully saturated rings. The molecule has 2 aliphatic rings. The molecule has 8 heteroatoms. The number of aryl methyl sites for hydroxylation is 1. The number of anilines is 1. The van der Waals surface area contributed by atoms with Crippen molar-refractivity contribution in [1.82, 2.24) is 4.31 Å². The number of rotatable bonds is 5. The maximum absolute atomic E-state index is 14.3. The highest BCUT2D eigenvalue weighted by molar-refractivity contribution is 7.90. The van der Waals surface area contributed by atoms with Crippen molar-refractivity contribution in [3.8, 4) is 0 Å². The molecule has 1 spiro atoms. The van der Waals surface area contributed by atoms with Gasteiger partial charge in [0.1, 0.15) is 5.41 Å². The summed E-state index contributed by atoms with van der Waals surface area (Å²) in [6.07, 6.45) is 1.33. The van der Waals surface area contributed by atoms with E-state index in [0.29, 0.717) is 28.4 Å². The first-order valence-electron chi connectivity index (χ1n) is 12.8. The van der Waals surface area contributed by atoms with Crippen LogP contribution in [0, 0.1) is 6.92 Å². The first-order chi connectivity index (χ1) is 19.2. The number of para-hydroxylation sites is 1. The van der Waals surface area contributed by atoms with Crippen LogP contribution in [0.1, 0.15) is 28.7 Å². The van der Waals surface area contributed by atoms with E-state index in [9.17, 15) is 18.0 Å². The lowest BCUT2D eigenvalue weighted by molar-refractivity contribution is -0.131. The highest BCUT2D eigenvalue weighted by Crippen LogP contribution is 2.50. The molecule has 6 nitrogen and oxygen atoms in total. The van der Waals surface area contributed by atoms with E-state index in [1.807, 2.05) is 61.5 Å². The minimum atomic E-state index is -4.28. The van der Waals surface area contributed by atoms with Gasteiger partial charge in [-0.1, -0.05) is 90.0 Å². The molecule has 0 bridgehead atoms. The van der Waals surface area contributed by atoms with E-state index in [1.54, 1.807) is 47.4 Å². The normalized spacial score (nSPS) is 18.7. The SMILES string of the molecule is Cc1ccc(S(=O)(=O)N2C(=O)C[C@]3(C=C2c2ccc(Cl)cc2)C(=O)N(Cc2ccccc2)c2ccccc23)cc1. The van der Waals surface area contributed by atoms with E-state index in [1.165, 1.54) is 12.1 Å². The molecule has 200 valence electrons. The Hall–Kier alpha value is -4.20. The standard InChI is InChI=1S/C32H25ClN2O4S/c1-22-11-17-26(18-12-22)40(38,39)35-29(24-13-15-25(33)16-14-24)19-32(20-30(35)36)27-9-5-6-10-28(27)34(31(32)37)21-23-7-3-2-4-8-23/h2-19H,20-21H2,1H3/t32-/m0/s1. The summed E-state index contributed by atoms with van der Waals surface area (Å²) in [5, 5.41) is 0.463. The van der Waals surface area contributed by atoms with E-state index < -0.39 is 21.3 Å². The second-order valence-electron chi connectivity index (χ2n) is 10.1. The van der Waals surface area contributed by atoms with Gasteiger partial charge in [0.15, 0.2) is 0 Å². The molecular weight excluding hydrogens is 544 g/mol. The summed E-state index contributed by atoms with van der Waals surface area (Å²) in [6.45, 7) is 2.18. The maximum Gasteiger partial charge on any atom is 0.270 e. The Balaban J connectivity index is 1.55. The predicted octanol–water partition coefficient (Wildman–Crippen LogP) is 6.10. The molecule has 0 saturated carbocycles. The van der Waals surface area contributed by atoms with E-state index in [0.717, 1.165) is 15.4 Å². The molecule has 0 saturated heterocycles. The van der Waals surface area contributed by atoms with Crippen LogP contribution in [0.15, 0.2) is 114 Å². The molecule has 2 amide bonds. The molecule has 40 heavy (non-hydrogen) atoms. The Morgan fingerprint density at radius 3 is 2.17 bits per heavy atom. The fourth-order valence-electron chi connectivity index (χ4n) is 5.47. The van der Waals surface area contributed by atoms with Gasteiger partial charge in [-0.2, -0.15) is 0 Å². The lowest BCUT2D eigenvalue weighted by Gasteiger charge is -2.36. The summed E-state index contributed by atoms with van der Waals surface area (Å²) in [6, 6.07) is 29.9. The molecule has 0 aliphatic carbocycles. The molecule has 0 N–H and O–H groups in total. The van der Waals surface area contributed by atoms with Gasteiger partial charge in [0, 0.05) is 10.7 Å². The summed E-state index contributed by atoms with van der Waals surface area (Å²) in [5.41, 5.74) is 2.42. The third-order valence-electron chi connectivity index (χ3n) is 7.44. The average molecular weight is 569 g/mol. The van der Waals surface area contributed by atoms with Crippen LogP contribution in [0.5, 0.6) is 0 Å². The third kappa shape index (κ3) is 4.22. The molecule has 0 aromatic heterocycles. The van der Waals surface area contributed by atoms with Gasteiger partial charge < -0.3 is 4.90 Å². The minimum Gasteiger partial charge on any atom is -0.307 e. The van der Waals surface area contributed by atoms with E-state index in [2.05, 4.69) is 0 Å². The molecule has 2 heterocycles. The lowest BCUT2D eigenvalue weighted by atomic mass is 9.75. The van der Waals surface area contributed by atoms with Crippen molar-refractivity contribution in [2.24, 2.45) is 0 Å². The lowest BCUT2D eigenvalue weighted by Crippen LogP contribution is -2.48. The number of carbonyl (C=O) groups is 2. The maximum atomic E-state index is 14.3. The van der Waals surface area contributed by atoms with Crippen LogP contribution < -0.4 is 4.90 Å². The van der Waals surface area contributed by atoms with Gasteiger partial charge in [0.05, 0.1) is 23.6 Å². The van der Waals surface area contributed by atoms with E-state index >= 15 is 0 Å². The number of amides is 2. The largest absolute Gasteiger partial charge is 0.307 e. The monoisotopic (exact) mass is 568 g/mol. The zero-order valence-electron chi connectivity index (χ0n) is 21.6. The summed E-state index contributed by atoms with van der Waals surface area (Å²) < 4.78 is 28.7. The second kappa shape index (κ2) is 9.77. The van der Waals surface area contributed by atoms with Crippen LogP contribution in [0.25, 0.3) is 5.70 Å². The fraction of sp³-hybridized carbons (Fsp3) is 0.125. The van der Waals surface area contributed by atoms with Gasteiger partial charge in [-0.15, -0.1) is 0 Å². The zero-order chi connectivity index (χ0) is 28.1. The van der Waals surface area contributed by atoms with Crippen molar-refractivity contribution < 1.29 is 18.0 Å². The smallest absolute Gasteiger partial charge is 0.270 e. The Morgan fingerprint density at radius 1 is 0.825 bits per heavy atom. The van der Waals surface area contributed by atoms with Gasteiger partial charge in [0.2, 0.25) is 11.8 Å². The quantitative estimate of drug-likeness (QED) is 0.292. The number of carbonyl (C=O) groups excluding carboxylic acids is 2. The first kappa shape index (κ1) is 26.0. The Morgan fingerprint density at radius 2 is 1.48 bits per heavy atom. The highest BCUT2D eigenvalue weighted by Gasteiger charge is 2.55. The minimum absolute atomic E-state index is 0.00823. The summed E-state index contributed by atoms with van der Waals surface area (Å²) >= 11 is 6.14. The second-order valence-corrected chi connectivity index (χ2v) is 12.3. The average Bonchev–Trinajstić information content (AvgIpc) is 3.16. The van der Waals surface area contributed by atoms with Gasteiger partial charge >= 0.3 is 0 Å². The number of fused-ring (bicyclic) bond motifs is 2. The number of hydrogen-bond acceptors (Lipinski definition) is 4. The van der Waals surface area contributed by atoms with Gasteiger partial charge in [-0.25, -0.2) is 12.7 Å². The first-order valence-corrected chi connectivity index (χ1v) is 14.6. The van der Waals surface area contributed by atoms with Crippen LogP contribution in [0.4, 0.5) is 5.69 Å². The summed E-state index contributed by atoms with van der Waals surface area (Å²) in [4.78, 5) is 30.0. The molecule has 0 unspecified atom stereocenters. The number of hydrogen-bond donors (Lipinski definition) is 0. The van der Waals surface area contributed by atoms with Crippen molar-refractivity contribution in [3.05, 3.63) is 136 Å². The highest BCUT2D eigenvalue weighted by atomic mass is 35.5. The number of halogens is 1. The topological polar surface area (TPSA) is 74.8 Å². The van der Waals surface area contributed by atoms with Crippen LogP contribution in [-0.4, -0.2) is 24.5 Å². The zero-order valence-corrected chi connectivity index (χ0v) is 23.2. The van der Waals surface area contributed by atoms with Crippen molar-refractivity contribution in [2.45, 2.75) is 30.2 Å². The van der Waals surface area contributed by atoms with Crippen molar-refractivity contribution in [2.75, 3.05) is 4.90 Å². The van der Waals surface area contributed by atoms with Gasteiger partial charge in [-0.3, -0.25) is 9.59 Å². The molecule has 4 aromatic carbocycles. The number of benzene rings is 4. The number of nitrogens with zero attached hydrogens (tertiary/aromatic N) is 2. The molecule has 4 aromatic rings. The van der Waals surface area contributed by atoms with Crippen LogP contribution in [-0.2, 0) is 31.6 Å². The Kier molecular flexibility index (Phi) is 6.36. The van der Waals surface area contributed by atoms with Crippen LogP contribution >= 0.6 is 11.6 Å². The molecule has 2 aliphatic heterocycles. The van der Waals surface area contributed by atoms with Crippen molar-refractivity contribution in [3.63, 3.8) is 0 Å². The predicted molar refractivity (Wildman–Crippen MR) is 155 cm³/mol. The van der Waals surface area contributed by atoms with Crippen molar-refractivity contribution in [1.29, 1.82) is 0 Å². The van der Waals surface area contributed by atoms with E-state index in [4.69, 9.17) is 11.6 Å². The molecule has 1 atom stereocenters. The molecule has 6 rings (SSSR count). The summed E-state index contributed by atoms with van der Waals surface area (Å²) in [5.74, 6) is -0.956. The third-order valence-corrected chi connectivity index (χ3v) is 9.44. The van der Waals surface area contributed by atoms with Crippen LogP contribution in [0.3, 0.4) is 0 Å². The molecule has 0 radical (unpaired) electrons. The Labute approximate surface area is 238 Å². The summed E-state index contributed by atoms with van der Waals surface area (Å²) in [7, 11) is -4.28. The molecular formula is C32H25ClN2O4S. The fourth-order valence-corrected chi connectivity index (χ4v) is 7.04. The van der Waals surface area contributed by atoms with Gasteiger partial charge in [-0.05, 0) is 60.0 Å². The Bertz CT molecular complexity index is 1770.